The fourth-order valence-corrected chi connectivity index (χ4v) is 3.10. The van der Waals surface area contributed by atoms with E-state index in [0.29, 0.717) is 18.4 Å². The molecule has 1 aliphatic carbocycles. The predicted molar refractivity (Wildman–Crippen MR) is 83.8 cm³/mol. The van der Waals surface area contributed by atoms with Gasteiger partial charge in [-0.2, -0.15) is 0 Å². The van der Waals surface area contributed by atoms with Crippen LogP contribution in [0.2, 0.25) is 0 Å². The maximum Gasteiger partial charge on any atom is 0.230 e. The average molecular weight is 274 g/mol. The molecule has 0 heterocycles. The first kappa shape index (κ1) is 15.0. The SMILES string of the molecule is CC(C)c1ccc(N(C)C(=O)[C@@H]2CCC[C@@H]2CN)cc1. The van der Waals surface area contributed by atoms with Gasteiger partial charge in [-0.25, -0.2) is 0 Å². The molecule has 0 saturated heterocycles. The highest BCUT2D eigenvalue weighted by molar-refractivity contribution is 5.94. The van der Waals surface area contributed by atoms with Crippen LogP contribution in [0.3, 0.4) is 0 Å². The van der Waals surface area contributed by atoms with E-state index in [2.05, 4.69) is 26.0 Å². The first-order chi connectivity index (χ1) is 9.54. The van der Waals surface area contributed by atoms with E-state index in [1.165, 1.54) is 5.56 Å². The number of rotatable bonds is 4. The summed E-state index contributed by atoms with van der Waals surface area (Å²) in [6.45, 7) is 4.97. The molecular weight excluding hydrogens is 248 g/mol. The number of carbonyl (C=O) groups excluding carboxylic acids is 1. The second-order valence-electron chi connectivity index (χ2n) is 6.18. The topological polar surface area (TPSA) is 46.3 Å². The summed E-state index contributed by atoms with van der Waals surface area (Å²) in [7, 11) is 1.87. The van der Waals surface area contributed by atoms with Crippen LogP contribution in [0.15, 0.2) is 24.3 Å². The summed E-state index contributed by atoms with van der Waals surface area (Å²) in [5.41, 5.74) is 8.06. The molecule has 0 aromatic heterocycles. The van der Waals surface area contributed by atoms with Crippen molar-refractivity contribution in [2.75, 3.05) is 18.5 Å². The molecule has 2 atom stereocenters. The van der Waals surface area contributed by atoms with Gasteiger partial charge >= 0.3 is 0 Å². The third kappa shape index (κ3) is 3.04. The number of nitrogens with two attached hydrogens (primary N) is 1. The summed E-state index contributed by atoms with van der Waals surface area (Å²) in [6.07, 6.45) is 3.19. The Bertz CT molecular complexity index is 453. The Morgan fingerprint density at radius 2 is 1.95 bits per heavy atom. The molecule has 3 heteroatoms. The molecule has 0 aliphatic heterocycles. The number of nitrogens with zero attached hydrogens (tertiary/aromatic N) is 1. The van der Waals surface area contributed by atoms with E-state index >= 15 is 0 Å². The molecule has 110 valence electrons. The second kappa shape index (κ2) is 6.40. The zero-order valence-electron chi connectivity index (χ0n) is 12.8. The van der Waals surface area contributed by atoms with Crippen LogP contribution >= 0.6 is 0 Å². The van der Waals surface area contributed by atoms with E-state index in [0.717, 1.165) is 24.9 Å². The Morgan fingerprint density at radius 3 is 2.50 bits per heavy atom. The lowest BCUT2D eigenvalue weighted by Gasteiger charge is -2.25. The quantitative estimate of drug-likeness (QED) is 0.916. The fraction of sp³-hybridized carbons (Fsp3) is 0.588. The van der Waals surface area contributed by atoms with Crippen LogP contribution in [0.25, 0.3) is 0 Å². The number of anilines is 1. The van der Waals surface area contributed by atoms with Crippen LogP contribution in [0.4, 0.5) is 5.69 Å². The van der Waals surface area contributed by atoms with Crippen molar-refractivity contribution in [2.45, 2.75) is 39.0 Å². The predicted octanol–water partition coefficient (Wildman–Crippen LogP) is 3.15. The number of carbonyl (C=O) groups is 1. The van der Waals surface area contributed by atoms with E-state index in [1.54, 1.807) is 4.90 Å². The molecule has 0 unspecified atom stereocenters. The minimum Gasteiger partial charge on any atom is -0.330 e. The molecule has 20 heavy (non-hydrogen) atoms. The molecule has 0 spiro atoms. The van der Waals surface area contributed by atoms with Gasteiger partial charge in [0.1, 0.15) is 0 Å². The lowest BCUT2D eigenvalue weighted by Crippen LogP contribution is -2.36. The first-order valence-corrected chi connectivity index (χ1v) is 7.62. The molecule has 3 nitrogen and oxygen atoms in total. The maximum atomic E-state index is 12.6. The van der Waals surface area contributed by atoms with Crippen molar-refractivity contribution in [2.24, 2.45) is 17.6 Å². The Balaban J connectivity index is 2.10. The Hall–Kier alpha value is -1.35. The van der Waals surface area contributed by atoms with Gasteiger partial charge in [-0.1, -0.05) is 32.4 Å². The fourth-order valence-electron chi connectivity index (χ4n) is 3.10. The van der Waals surface area contributed by atoms with E-state index in [4.69, 9.17) is 5.73 Å². The monoisotopic (exact) mass is 274 g/mol. The zero-order valence-corrected chi connectivity index (χ0v) is 12.8. The van der Waals surface area contributed by atoms with Crippen LogP contribution in [-0.4, -0.2) is 19.5 Å². The van der Waals surface area contributed by atoms with Crippen molar-refractivity contribution in [3.63, 3.8) is 0 Å². The Labute approximate surface area is 122 Å². The number of benzene rings is 1. The van der Waals surface area contributed by atoms with Crippen molar-refractivity contribution in [3.05, 3.63) is 29.8 Å². The molecule has 1 aromatic carbocycles. The minimum absolute atomic E-state index is 0.106. The van der Waals surface area contributed by atoms with Crippen molar-refractivity contribution in [1.29, 1.82) is 0 Å². The lowest BCUT2D eigenvalue weighted by atomic mass is 9.94. The Kier molecular flexibility index (Phi) is 4.81. The average Bonchev–Trinajstić information content (AvgIpc) is 2.94. The van der Waals surface area contributed by atoms with Gasteiger partial charge in [-0.15, -0.1) is 0 Å². The zero-order chi connectivity index (χ0) is 14.7. The van der Waals surface area contributed by atoms with Crippen LogP contribution in [0.5, 0.6) is 0 Å². The lowest BCUT2D eigenvalue weighted by molar-refractivity contribution is -0.123. The van der Waals surface area contributed by atoms with Gasteiger partial charge in [-0.3, -0.25) is 4.79 Å². The number of hydrogen-bond acceptors (Lipinski definition) is 2. The molecule has 1 fully saturated rings. The van der Waals surface area contributed by atoms with Crippen LogP contribution in [-0.2, 0) is 4.79 Å². The third-order valence-corrected chi connectivity index (χ3v) is 4.56. The highest BCUT2D eigenvalue weighted by Gasteiger charge is 2.33. The van der Waals surface area contributed by atoms with Crippen molar-refractivity contribution in [3.8, 4) is 0 Å². The molecule has 1 saturated carbocycles. The molecule has 1 aromatic rings. The second-order valence-corrected chi connectivity index (χ2v) is 6.18. The molecule has 2 N–H and O–H groups in total. The van der Waals surface area contributed by atoms with E-state index in [1.807, 2.05) is 19.2 Å². The van der Waals surface area contributed by atoms with Crippen LogP contribution < -0.4 is 10.6 Å². The molecule has 0 bridgehead atoms. The van der Waals surface area contributed by atoms with Gasteiger partial charge in [0, 0.05) is 18.7 Å². The molecule has 1 aliphatic rings. The van der Waals surface area contributed by atoms with Crippen LogP contribution in [0, 0.1) is 11.8 Å². The normalized spacial score (nSPS) is 22.2. The van der Waals surface area contributed by atoms with E-state index in [9.17, 15) is 4.79 Å². The highest BCUT2D eigenvalue weighted by atomic mass is 16.2. The van der Waals surface area contributed by atoms with Gasteiger partial charge < -0.3 is 10.6 Å². The summed E-state index contributed by atoms with van der Waals surface area (Å²) in [5, 5.41) is 0. The molecule has 1 amide bonds. The van der Waals surface area contributed by atoms with Gasteiger partial charge in [0.2, 0.25) is 5.91 Å². The number of hydrogen-bond donors (Lipinski definition) is 1. The van der Waals surface area contributed by atoms with Crippen molar-refractivity contribution < 1.29 is 4.79 Å². The van der Waals surface area contributed by atoms with E-state index in [-0.39, 0.29) is 11.8 Å². The first-order valence-electron chi connectivity index (χ1n) is 7.62. The minimum atomic E-state index is 0.106. The largest absolute Gasteiger partial charge is 0.330 e. The van der Waals surface area contributed by atoms with E-state index < -0.39 is 0 Å². The summed E-state index contributed by atoms with van der Waals surface area (Å²) < 4.78 is 0. The smallest absolute Gasteiger partial charge is 0.230 e. The van der Waals surface area contributed by atoms with Gasteiger partial charge in [-0.05, 0) is 48.9 Å². The van der Waals surface area contributed by atoms with Crippen LogP contribution in [0.1, 0.15) is 44.6 Å². The summed E-state index contributed by atoms with van der Waals surface area (Å²) in [4.78, 5) is 14.4. The van der Waals surface area contributed by atoms with Gasteiger partial charge in [0.15, 0.2) is 0 Å². The molecular formula is C17H26N2O. The van der Waals surface area contributed by atoms with Gasteiger partial charge in [0.25, 0.3) is 0 Å². The summed E-state index contributed by atoms with van der Waals surface area (Å²) in [6, 6.07) is 8.30. The highest BCUT2D eigenvalue weighted by Crippen LogP contribution is 2.33. The Morgan fingerprint density at radius 1 is 1.30 bits per heavy atom. The third-order valence-electron chi connectivity index (χ3n) is 4.56. The summed E-state index contributed by atoms with van der Waals surface area (Å²) in [5.74, 6) is 1.20. The number of amides is 1. The maximum absolute atomic E-state index is 12.6. The molecule has 2 rings (SSSR count). The standard InChI is InChI=1S/C17H26N2O/c1-12(2)13-7-9-15(10-8-13)19(3)17(20)16-6-4-5-14(16)11-18/h7-10,12,14,16H,4-6,11,18H2,1-3H3/t14-,16-/m1/s1. The van der Waals surface area contributed by atoms with Crippen molar-refractivity contribution in [1.82, 2.24) is 0 Å². The molecule has 0 radical (unpaired) electrons. The van der Waals surface area contributed by atoms with Crippen molar-refractivity contribution >= 4 is 11.6 Å². The summed E-state index contributed by atoms with van der Waals surface area (Å²) >= 11 is 0. The van der Waals surface area contributed by atoms with Gasteiger partial charge in [0.05, 0.1) is 0 Å².